The fraction of sp³-hybridized carbons (Fsp3) is 0.0833. The van der Waals surface area contributed by atoms with Gasteiger partial charge in [0.05, 0.1) is 5.57 Å². The molecule has 3 nitrogen and oxygen atoms in total. The lowest BCUT2D eigenvalue weighted by Gasteiger charge is -1.89. The number of rotatable bonds is 0. The first-order valence-corrected chi connectivity index (χ1v) is 4.45. The third-order valence-corrected chi connectivity index (χ3v) is 2.44. The smallest absolute Gasteiger partial charge is 0.190 e. The van der Waals surface area contributed by atoms with Gasteiger partial charge in [-0.1, -0.05) is 12.1 Å². The van der Waals surface area contributed by atoms with E-state index in [4.69, 9.17) is 5.26 Å². The molecule has 1 aromatic carbocycles. The minimum absolute atomic E-state index is 0.169. The van der Waals surface area contributed by atoms with Crippen LogP contribution in [0.2, 0.25) is 0 Å². The van der Waals surface area contributed by atoms with E-state index in [9.17, 15) is 9.59 Å². The van der Waals surface area contributed by atoms with Crippen molar-refractivity contribution in [1.29, 1.82) is 5.26 Å². The van der Waals surface area contributed by atoms with Crippen LogP contribution in [-0.2, 0) is 0 Å². The molecule has 0 bridgehead atoms. The van der Waals surface area contributed by atoms with Crippen molar-refractivity contribution in [2.24, 2.45) is 0 Å². The van der Waals surface area contributed by atoms with Gasteiger partial charge in [0.25, 0.3) is 0 Å². The van der Waals surface area contributed by atoms with Crippen molar-refractivity contribution in [1.82, 2.24) is 0 Å². The highest BCUT2D eigenvalue weighted by molar-refractivity contribution is 6.22. The van der Waals surface area contributed by atoms with Crippen molar-refractivity contribution in [3.8, 4) is 6.07 Å². The number of hydrogen-bond acceptors (Lipinski definition) is 3. The van der Waals surface area contributed by atoms with Gasteiger partial charge in [0.1, 0.15) is 6.07 Å². The SMILES string of the molecule is CC1=C(C#N)c2cc(=O)cccc2C1=O. The van der Waals surface area contributed by atoms with E-state index in [-0.39, 0.29) is 11.2 Å². The maximum absolute atomic E-state index is 11.7. The Morgan fingerprint density at radius 1 is 1.20 bits per heavy atom. The second-order valence-electron chi connectivity index (χ2n) is 3.34. The summed E-state index contributed by atoms with van der Waals surface area (Å²) in [7, 11) is 0. The first-order chi connectivity index (χ1) is 7.15. The number of Topliss-reactive ketones (excluding diaryl/α,β-unsaturated/α-hetero) is 1. The summed E-state index contributed by atoms with van der Waals surface area (Å²) < 4.78 is 0. The summed E-state index contributed by atoms with van der Waals surface area (Å²) in [6, 6.07) is 7.78. The summed E-state index contributed by atoms with van der Waals surface area (Å²) in [4.78, 5) is 23.0. The van der Waals surface area contributed by atoms with Gasteiger partial charge in [-0.05, 0) is 19.1 Å². The first-order valence-electron chi connectivity index (χ1n) is 4.45. The minimum Gasteiger partial charge on any atom is -0.290 e. The van der Waals surface area contributed by atoms with Crippen molar-refractivity contribution in [3.63, 3.8) is 0 Å². The average molecular weight is 197 g/mol. The van der Waals surface area contributed by atoms with E-state index in [1.54, 1.807) is 13.0 Å². The monoisotopic (exact) mass is 197 g/mol. The van der Waals surface area contributed by atoms with Gasteiger partial charge in [-0.2, -0.15) is 5.26 Å². The summed E-state index contributed by atoms with van der Waals surface area (Å²) >= 11 is 0. The van der Waals surface area contributed by atoms with Gasteiger partial charge >= 0.3 is 0 Å². The second kappa shape index (κ2) is 3.18. The third kappa shape index (κ3) is 1.27. The van der Waals surface area contributed by atoms with E-state index in [0.717, 1.165) is 0 Å². The van der Waals surface area contributed by atoms with Crippen LogP contribution < -0.4 is 5.43 Å². The van der Waals surface area contributed by atoms with Crippen LogP contribution in [-0.4, -0.2) is 5.78 Å². The Bertz CT molecular complexity index is 591. The molecule has 1 aliphatic rings. The number of nitriles is 1. The summed E-state index contributed by atoms with van der Waals surface area (Å²) in [5.41, 5.74) is 1.41. The molecule has 0 spiro atoms. The highest BCUT2D eigenvalue weighted by Gasteiger charge is 2.25. The molecule has 2 rings (SSSR count). The zero-order valence-electron chi connectivity index (χ0n) is 8.07. The lowest BCUT2D eigenvalue weighted by atomic mass is 10.1. The van der Waals surface area contributed by atoms with Crippen LogP contribution in [0.1, 0.15) is 22.8 Å². The highest BCUT2D eigenvalue weighted by atomic mass is 16.1. The second-order valence-corrected chi connectivity index (χ2v) is 3.34. The standard InChI is InChI=1S/C12H7NO2/c1-7-11(6-13)10-5-8(14)3-2-4-9(10)12(7)15/h2-5H,1H3. The normalized spacial score (nSPS) is 13.7. The Hall–Kier alpha value is -2.21. The molecule has 0 heterocycles. The number of ketones is 1. The van der Waals surface area contributed by atoms with Gasteiger partial charge in [-0.15, -0.1) is 0 Å². The molecule has 3 heteroatoms. The molecule has 0 aromatic heterocycles. The number of allylic oxidation sites excluding steroid dienone is 2. The predicted octanol–water partition coefficient (Wildman–Crippen LogP) is 1.54. The molecule has 0 atom stereocenters. The predicted molar refractivity (Wildman–Crippen MR) is 55.2 cm³/mol. The van der Waals surface area contributed by atoms with Gasteiger partial charge < -0.3 is 0 Å². The molecule has 0 unspecified atom stereocenters. The molecule has 0 saturated heterocycles. The van der Waals surface area contributed by atoms with Gasteiger partial charge in [0.15, 0.2) is 11.2 Å². The number of hydrogen-bond donors (Lipinski definition) is 0. The molecule has 15 heavy (non-hydrogen) atoms. The molecule has 0 N–H and O–H groups in total. The fourth-order valence-corrected chi connectivity index (χ4v) is 1.66. The van der Waals surface area contributed by atoms with E-state index >= 15 is 0 Å². The number of carbonyl (C=O) groups excluding carboxylic acids is 1. The quantitative estimate of drug-likeness (QED) is 0.633. The van der Waals surface area contributed by atoms with Crippen LogP contribution in [0, 0.1) is 11.3 Å². The molecular formula is C12H7NO2. The summed E-state index contributed by atoms with van der Waals surface area (Å²) in [5, 5.41) is 8.91. The number of nitrogens with zero attached hydrogens (tertiary/aromatic N) is 1. The minimum atomic E-state index is -0.202. The zero-order valence-corrected chi connectivity index (χ0v) is 8.07. The Morgan fingerprint density at radius 3 is 2.60 bits per heavy atom. The van der Waals surface area contributed by atoms with Gasteiger partial charge in [-0.3, -0.25) is 9.59 Å². The van der Waals surface area contributed by atoms with E-state index in [1.807, 2.05) is 6.07 Å². The van der Waals surface area contributed by atoms with E-state index in [1.165, 1.54) is 18.2 Å². The van der Waals surface area contributed by atoms with Crippen molar-refractivity contribution < 1.29 is 4.79 Å². The third-order valence-electron chi connectivity index (χ3n) is 2.44. The average Bonchev–Trinajstić information content (AvgIpc) is 2.39. The van der Waals surface area contributed by atoms with Crippen molar-refractivity contribution in [2.45, 2.75) is 6.92 Å². The van der Waals surface area contributed by atoms with Crippen molar-refractivity contribution in [2.75, 3.05) is 0 Å². The van der Waals surface area contributed by atoms with E-state index < -0.39 is 0 Å². The molecule has 0 saturated carbocycles. The van der Waals surface area contributed by atoms with Gasteiger partial charge in [0.2, 0.25) is 0 Å². The molecule has 1 aromatic rings. The van der Waals surface area contributed by atoms with Crippen molar-refractivity contribution in [3.05, 3.63) is 51.2 Å². The number of fused-ring (bicyclic) bond motifs is 1. The maximum Gasteiger partial charge on any atom is 0.190 e. The Labute approximate surface area is 86.3 Å². The van der Waals surface area contributed by atoms with Crippen LogP contribution in [0.15, 0.2) is 34.6 Å². The van der Waals surface area contributed by atoms with Crippen molar-refractivity contribution >= 4 is 11.4 Å². The van der Waals surface area contributed by atoms with Crippen LogP contribution >= 0.6 is 0 Å². The zero-order chi connectivity index (χ0) is 11.0. The van der Waals surface area contributed by atoms with Crippen LogP contribution in [0.3, 0.4) is 0 Å². The molecule has 0 radical (unpaired) electrons. The summed E-state index contributed by atoms with van der Waals surface area (Å²) in [6.07, 6.45) is 0. The molecule has 0 amide bonds. The molecule has 0 aliphatic heterocycles. The molecule has 1 aliphatic carbocycles. The fourth-order valence-electron chi connectivity index (χ4n) is 1.66. The largest absolute Gasteiger partial charge is 0.290 e. The lowest BCUT2D eigenvalue weighted by molar-refractivity contribution is 0.103. The van der Waals surface area contributed by atoms with Gasteiger partial charge in [0, 0.05) is 16.7 Å². The van der Waals surface area contributed by atoms with Crippen LogP contribution in [0.5, 0.6) is 0 Å². The topological polar surface area (TPSA) is 57.9 Å². The summed E-state index contributed by atoms with van der Waals surface area (Å²) in [6.45, 7) is 1.60. The Balaban J connectivity index is 2.88. The summed E-state index contributed by atoms with van der Waals surface area (Å²) in [5.74, 6) is -0.169. The lowest BCUT2D eigenvalue weighted by Crippen LogP contribution is -1.94. The van der Waals surface area contributed by atoms with Crippen LogP contribution in [0.25, 0.3) is 5.57 Å². The Morgan fingerprint density at radius 2 is 1.93 bits per heavy atom. The van der Waals surface area contributed by atoms with E-state index in [2.05, 4.69) is 0 Å². The Kier molecular flexibility index (Phi) is 1.98. The van der Waals surface area contributed by atoms with Crippen LogP contribution in [0.4, 0.5) is 0 Å². The van der Waals surface area contributed by atoms with Gasteiger partial charge in [-0.25, -0.2) is 0 Å². The molecule has 72 valence electrons. The molecular weight excluding hydrogens is 190 g/mol. The first kappa shape index (κ1) is 9.35. The number of carbonyl (C=O) groups is 1. The maximum atomic E-state index is 11.7. The highest BCUT2D eigenvalue weighted by Crippen LogP contribution is 2.30. The molecule has 0 fully saturated rings. The van der Waals surface area contributed by atoms with E-state index in [0.29, 0.717) is 22.3 Å².